The molecular formula is C10H12BO. The van der Waals surface area contributed by atoms with Gasteiger partial charge in [-0.2, -0.15) is 0 Å². The average Bonchev–Trinajstić information content (AvgIpc) is 2.06. The van der Waals surface area contributed by atoms with Crippen molar-refractivity contribution in [3.63, 3.8) is 0 Å². The minimum absolute atomic E-state index is 0.192. The van der Waals surface area contributed by atoms with E-state index in [0.717, 1.165) is 5.56 Å². The minimum atomic E-state index is 0.192. The van der Waals surface area contributed by atoms with Crippen LogP contribution in [0.4, 0.5) is 0 Å². The molecule has 0 atom stereocenters. The largest absolute Gasteiger partial charge is 0.295 e. The van der Waals surface area contributed by atoms with Crippen LogP contribution in [0, 0.1) is 6.92 Å². The zero-order valence-electron chi connectivity index (χ0n) is 7.50. The lowest BCUT2D eigenvalue weighted by Gasteiger charge is -1.98. The first kappa shape index (κ1) is 9.05. The predicted octanol–water partition coefficient (Wildman–Crippen LogP) is 2.35. The van der Waals surface area contributed by atoms with E-state index in [4.69, 9.17) is 0 Å². The highest BCUT2D eigenvalue weighted by Gasteiger charge is 2.02. The summed E-state index contributed by atoms with van der Waals surface area (Å²) in [6.45, 7) is 3.91. The fraction of sp³-hybridized carbons (Fsp3) is 0.300. The van der Waals surface area contributed by atoms with Gasteiger partial charge in [-0.3, -0.25) is 4.79 Å². The molecule has 1 aromatic carbocycles. The Morgan fingerprint density at radius 2 is 1.92 bits per heavy atom. The quantitative estimate of drug-likeness (QED) is 0.488. The summed E-state index contributed by atoms with van der Waals surface area (Å²) in [6.07, 6.45) is 0.531. The SMILES string of the molecule is C[B]CC(=O)c1ccc(C)cc1. The van der Waals surface area contributed by atoms with Gasteiger partial charge in [-0.15, -0.1) is 0 Å². The minimum Gasteiger partial charge on any atom is -0.295 e. The van der Waals surface area contributed by atoms with Crippen molar-refractivity contribution >= 4 is 13.1 Å². The van der Waals surface area contributed by atoms with Crippen LogP contribution in [0.5, 0.6) is 0 Å². The Labute approximate surface area is 74.0 Å². The maximum absolute atomic E-state index is 11.3. The maximum atomic E-state index is 11.3. The lowest BCUT2D eigenvalue weighted by atomic mass is 9.75. The molecule has 0 unspecified atom stereocenters. The summed E-state index contributed by atoms with van der Waals surface area (Å²) >= 11 is 0. The topological polar surface area (TPSA) is 17.1 Å². The molecule has 1 aromatic rings. The number of hydrogen-bond acceptors (Lipinski definition) is 1. The molecule has 0 fully saturated rings. The second-order valence-electron chi connectivity index (χ2n) is 2.90. The smallest absolute Gasteiger partial charge is 0.155 e. The second kappa shape index (κ2) is 4.10. The van der Waals surface area contributed by atoms with E-state index in [1.165, 1.54) is 5.56 Å². The standard InChI is InChI=1S/C10H12BO/c1-8-3-5-9(6-4-8)10(12)7-11-2/h3-6H,7H2,1-2H3. The number of ketones is 1. The summed E-state index contributed by atoms with van der Waals surface area (Å²) in [7, 11) is 1.88. The summed E-state index contributed by atoms with van der Waals surface area (Å²) in [6, 6.07) is 7.67. The van der Waals surface area contributed by atoms with Gasteiger partial charge < -0.3 is 0 Å². The van der Waals surface area contributed by atoms with Crippen LogP contribution in [0.3, 0.4) is 0 Å². The average molecular weight is 159 g/mol. The Hall–Kier alpha value is -1.05. The van der Waals surface area contributed by atoms with Crippen LogP contribution in [0.15, 0.2) is 24.3 Å². The van der Waals surface area contributed by atoms with Gasteiger partial charge in [0.25, 0.3) is 0 Å². The van der Waals surface area contributed by atoms with Crippen LogP contribution in [0.1, 0.15) is 15.9 Å². The number of hydrogen-bond donors (Lipinski definition) is 0. The summed E-state index contributed by atoms with van der Waals surface area (Å²) in [5, 5.41) is 0. The van der Waals surface area contributed by atoms with Crippen molar-refractivity contribution in [1.29, 1.82) is 0 Å². The van der Waals surface area contributed by atoms with E-state index in [0.29, 0.717) is 6.32 Å². The highest BCUT2D eigenvalue weighted by Crippen LogP contribution is 2.05. The van der Waals surface area contributed by atoms with Gasteiger partial charge in [0.1, 0.15) is 7.28 Å². The first-order valence-electron chi connectivity index (χ1n) is 4.11. The zero-order valence-corrected chi connectivity index (χ0v) is 7.50. The Kier molecular flexibility index (Phi) is 3.09. The van der Waals surface area contributed by atoms with Gasteiger partial charge in [0.05, 0.1) is 0 Å². The van der Waals surface area contributed by atoms with Crippen LogP contribution in [-0.2, 0) is 0 Å². The van der Waals surface area contributed by atoms with Crippen molar-refractivity contribution in [1.82, 2.24) is 0 Å². The van der Waals surface area contributed by atoms with Crippen LogP contribution >= 0.6 is 0 Å². The molecule has 0 aromatic heterocycles. The van der Waals surface area contributed by atoms with Gasteiger partial charge in [-0.05, 0) is 13.2 Å². The summed E-state index contributed by atoms with van der Waals surface area (Å²) in [5.74, 6) is 0.192. The lowest BCUT2D eigenvalue weighted by Crippen LogP contribution is -2.00. The molecule has 0 aliphatic carbocycles. The van der Waals surface area contributed by atoms with Crippen LogP contribution in [0.25, 0.3) is 0 Å². The highest BCUT2D eigenvalue weighted by molar-refractivity contribution is 6.41. The predicted molar refractivity (Wildman–Crippen MR) is 51.9 cm³/mol. The third-order valence-electron chi connectivity index (χ3n) is 1.76. The van der Waals surface area contributed by atoms with Gasteiger partial charge in [0.15, 0.2) is 5.78 Å². The van der Waals surface area contributed by atoms with Gasteiger partial charge in [0, 0.05) is 5.56 Å². The second-order valence-corrected chi connectivity index (χ2v) is 2.90. The molecule has 0 saturated heterocycles. The van der Waals surface area contributed by atoms with E-state index >= 15 is 0 Å². The normalized spacial score (nSPS) is 9.50. The molecule has 1 radical (unpaired) electrons. The molecule has 1 rings (SSSR count). The van der Waals surface area contributed by atoms with Gasteiger partial charge in [0.2, 0.25) is 0 Å². The Morgan fingerprint density at radius 1 is 1.33 bits per heavy atom. The van der Waals surface area contributed by atoms with Crippen molar-refractivity contribution in [2.24, 2.45) is 0 Å². The van der Waals surface area contributed by atoms with E-state index in [-0.39, 0.29) is 5.78 Å². The summed E-state index contributed by atoms with van der Waals surface area (Å²) in [4.78, 5) is 11.3. The van der Waals surface area contributed by atoms with Gasteiger partial charge in [-0.25, -0.2) is 0 Å². The van der Waals surface area contributed by atoms with Crippen molar-refractivity contribution < 1.29 is 4.79 Å². The van der Waals surface area contributed by atoms with E-state index < -0.39 is 0 Å². The molecule has 0 bridgehead atoms. The first-order valence-corrected chi connectivity index (χ1v) is 4.11. The zero-order chi connectivity index (χ0) is 8.97. The molecule has 0 amide bonds. The molecular weight excluding hydrogens is 147 g/mol. The number of aryl methyl sites for hydroxylation is 1. The number of Topliss-reactive ketones (excluding diaryl/α,β-unsaturated/α-hetero) is 1. The van der Waals surface area contributed by atoms with Crippen molar-refractivity contribution in [3.05, 3.63) is 35.4 Å². The van der Waals surface area contributed by atoms with Crippen LogP contribution in [0.2, 0.25) is 13.1 Å². The number of benzene rings is 1. The van der Waals surface area contributed by atoms with Gasteiger partial charge in [-0.1, -0.05) is 36.7 Å². The summed E-state index contributed by atoms with van der Waals surface area (Å²) in [5.41, 5.74) is 1.99. The van der Waals surface area contributed by atoms with E-state index in [9.17, 15) is 4.79 Å². The fourth-order valence-electron chi connectivity index (χ4n) is 1.04. The summed E-state index contributed by atoms with van der Waals surface area (Å²) < 4.78 is 0. The number of carbonyl (C=O) groups is 1. The van der Waals surface area contributed by atoms with Crippen molar-refractivity contribution in [2.45, 2.75) is 20.1 Å². The monoisotopic (exact) mass is 159 g/mol. The molecule has 0 aliphatic rings. The van der Waals surface area contributed by atoms with Crippen molar-refractivity contribution in [2.75, 3.05) is 0 Å². The highest BCUT2D eigenvalue weighted by atomic mass is 16.1. The third kappa shape index (κ3) is 2.23. The molecule has 1 nitrogen and oxygen atoms in total. The molecule has 0 saturated carbocycles. The Balaban J connectivity index is 2.75. The fourth-order valence-corrected chi connectivity index (χ4v) is 1.04. The van der Waals surface area contributed by atoms with E-state index in [2.05, 4.69) is 0 Å². The molecule has 12 heavy (non-hydrogen) atoms. The van der Waals surface area contributed by atoms with Crippen LogP contribution in [-0.4, -0.2) is 13.1 Å². The third-order valence-corrected chi connectivity index (χ3v) is 1.76. The van der Waals surface area contributed by atoms with E-state index in [1.807, 2.05) is 45.3 Å². The Bertz CT molecular complexity index is 264. The van der Waals surface area contributed by atoms with Gasteiger partial charge >= 0.3 is 0 Å². The molecule has 0 heterocycles. The molecule has 0 aliphatic heterocycles. The maximum Gasteiger partial charge on any atom is 0.155 e. The number of rotatable bonds is 3. The molecule has 0 spiro atoms. The lowest BCUT2D eigenvalue weighted by molar-refractivity contribution is 0.101. The van der Waals surface area contributed by atoms with E-state index in [1.54, 1.807) is 0 Å². The molecule has 2 heteroatoms. The van der Waals surface area contributed by atoms with Crippen molar-refractivity contribution in [3.8, 4) is 0 Å². The Morgan fingerprint density at radius 3 is 2.42 bits per heavy atom. The van der Waals surface area contributed by atoms with Crippen LogP contribution < -0.4 is 0 Å². The molecule has 0 N–H and O–H groups in total. The number of carbonyl (C=O) groups excluding carboxylic acids is 1. The first-order chi connectivity index (χ1) is 5.74. The molecule has 61 valence electrons.